The summed E-state index contributed by atoms with van der Waals surface area (Å²) >= 11 is 0. The normalized spacial score (nSPS) is 11.9. The van der Waals surface area contributed by atoms with E-state index in [9.17, 15) is 4.79 Å². The zero-order valence-corrected chi connectivity index (χ0v) is 17.3. The molecule has 0 unspecified atom stereocenters. The minimum Gasteiger partial charge on any atom is -0.488 e. The van der Waals surface area contributed by atoms with E-state index in [1.54, 1.807) is 10.6 Å². The largest absolute Gasteiger partial charge is 0.488 e. The van der Waals surface area contributed by atoms with Crippen LogP contribution in [0.4, 0.5) is 0 Å². The third-order valence-electron chi connectivity index (χ3n) is 4.99. The maximum atomic E-state index is 13.1. The fourth-order valence-corrected chi connectivity index (χ4v) is 3.19. The number of allylic oxidation sites excluding steroid dienone is 5. The predicted octanol–water partition coefficient (Wildman–Crippen LogP) is 5.66. The quantitative estimate of drug-likeness (QED) is 0.492. The van der Waals surface area contributed by atoms with Crippen LogP contribution in [-0.4, -0.2) is 4.57 Å². The van der Waals surface area contributed by atoms with E-state index in [4.69, 9.17) is 4.74 Å². The number of aryl methyl sites for hydroxylation is 2. The molecule has 3 rings (SSSR count). The van der Waals surface area contributed by atoms with Crippen molar-refractivity contribution in [1.82, 2.24) is 4.57 Å². The van der Waals surface area contributed by atoms with Crippen LogP contribution < -0.4 is 10.3 Å². The van der Waals surface area contributed by atoms with Crippen LogP contribution in [0.15, 0.2) is 89.8 Å². The van der Waals surface area contributed by atoms with Crippen molar-refractivity contribution in [2.24, 2.45) is 7.05 Å². The van der Waals surface area contributed by atoms with E-state index < -0.39 is 0 Å². The number of benzene rings is 2. The van der Waals surface area contributed by atoms with E-state index in [0.717, 1.165) is 22.0 Å². The SMILES string of the molecule is C=C/C(C)=C\C=C\Cc1c(OCc2ccc(C)cc2)c2ccccc2n(C)c1=O. The zero-order valence-electron chi connectivity index (χ0n) is 17.3. The van der Waals surface area contributed by atoms with Gasteiger partial charge in [0.1, 0.15) is 12.4 Å². The van der Waals surface area contributed by atoms with Gasteiger partial charge in [-0.2, -0.15) is 0 Å². The van der Waals surface area contributed by atoms with Crippen molar-refractivity contribution < 1.29 is 4.74 Å². The van der Waals surface area contributed by atoms with Crippen LogP contribution in [0.1, 0.15) is 23.6 Å². The lowest BCUT2D eigenvalue weighted by atomic mass is 10.1. The maximum Gasteiger partial charge on any atom is 0.258 e. The molecule has 0 radical (unpaired) electrons. The number of nitrogens with zero attached hydrogens (tertiary/aromatic N) is 1. The molecular formula is C26H27NO2. The molecule has 1 aromatic heterocycles. The minimum absolute atomic E-state index is 0.0309. The highest BCUT2D eigenvalue weighted by atomic mass is 16.5. The molecule has 3 aromatic rings. The van der Waals surface area contributed by atoms with Crippen molar-refractivity contribution in [1.29, 1.82) is 0 Å². The van der Waals surface area contributed by atoms with Gasteiger partial charge in [-0.25, -0.2) is 0 Å². The van der Waals surface area contributed by atoms with E-state index in [2.05, 4.69) is 37.8 Å². The van der Waals surface area contributed by atoms with Crippen molar-refractivity contribution in [3.63, 3.8) is 0 Å². The Morgan fingerprint density at radius 1 is 1.14 bits per heavy atom. The highest BCUT2D eigenvalue weighted by Gasteiger charge is 2.15. The van der Waals surface area contributed by atoms with Crippen LogP contribution in [0.5, 0.6) is 5.75 Å². The molecule has 0 aliphatic carbocycles. The van der Waals surface area contributed by atoms with Gasteiger partial charge in [-0.15, -0.1) is 0 Å². The number of ether oxygens (including phenoxy) is 1. The summed E-state index contributed by atoms with van der Waals surface area (Å²) in [6, 6.07) is 16.1. The summed E-state index contributed by atoms with van der Waals surface area (Å²) in [5.41, 5.74) is 4.86. The van der Waals surface area contributed by atoms with E-state index in [0.29, 0.717) is 24.3 Å². The molecule has 0 amide bonds. The topological polar surface area (TPSA) is 31.2 Å². The number of aromatic nitrogens is 1. The monoisotopic (exact) mass is 385 g/mol. The molecule has 2 aromatic carbocycles. The molecule has 0 N–H and O–H groups in total. The summed E-state index contributed by atoms with van der Waals surface area (Å²) in [7, 11) is 1.81. The smallest absolute Gasteiger partial charge is 0.258 e. The van der Waals surface area contributed by atoms with Crippen LogP contribution in [0, 0.1) is 6.92 Å². The second kappa shape index (κ2) is 9.24. The zero-order chi connectivity index (χ0) is 20.8. The van der Waals surface area contributed by atoms with Crippen LogP contribution >= 0.6 is 0 Å². The van der Waals surface area contributed by atoms with E-state index in [1.807, 2.05) is 56.5 Å². The Morgan fingerprint density at radius 2 is 1.86 bits per heavy atom. The lowest BCUT2D eigenvalue weighted by Crippen LogP contribution is -2.22. The molecule has 0 aliphatic rings. The van der Waals surface area contributed by atoms with E-state index >= 15 is 0 Å². The van der Waals surface area contributed by atoms with Crippen molar-refractivity contribution in [2.45, 2.75) is 26.9 Å². The Labute approximate surface area is 172 Å². The Hall–Kier alpha value is -3.33. The van der Waals surface area contributed by atoms with Gasteiger partial charge < -0.3 is 9.30 Å². The highest BCUT2D eigenvalue weighted by Crippen LogP contribution is 2.28. The third kappa shape index (κ3) is 4.75. The Balaban J connectivity index is 2.01. The molecule has 0 aliphatic heterocycles. The molecule has 29 heavy (non-hydrogen) atoms. The van der Waals surface area contributed by atoms with Gasteiger partial charge in [-0.3, -0.25) is 4.79 Å². The first-order valence-electron chi connectivity index (χ1n) is 9.76. The Bertz CT molecular complexity index is 1130. The van der Waals surface area contributed by atoms with Gasteiger partial charge >= 0.3 is 0 Å². The second-order valence-corrected chi connectivity index (χ2v) is 7.21. The molecule has 1 heterocycles. The van der Waals surface area contributed by atoms with Gasteiger partial charge in [0.2, 0.25) is 0 Å². The average Bonchev–Trinajstić information content (AvgIpc) is 2.74. The first-order valence-corrected chi connectivity index (χ1v) is 9.76. The Morgan fingerprint density at radius 3 is 2.59 bits per heavy atom. The van der Waals surface area contributed by atoms with Crippen molar-refractivity contribution in [2.75, 3.05) is 0 Å². The van der Waals surface area contributed by atoms with Gasteiger partial charge in [-0.05, 0) is 38.0 Å². The van der Waals surface area contributed by atoms with Crippen LogP contribution in [0.2, 0.25) is 0 Å². The number of fused-ring (bicyclic) bond motifs is 1. The second-order valence-electron chi connectivity index (χ2n) is 7.21. The van der Waals surface area contributed by atoms with Crippen LogP contribution in [-0.2, 0) is 20.1 Å². The van der Waals surface area contributed by atoms with Crippen LogP contribution in [0.3, 0.4) is 0 Å². The molecule has 0 bridgehead atoms. The van der Waals surface area contributed by atoms with Crippen molar-refractivity contribution in [3.05, 3.63) is 112 Å². The molecule has 0 atom stereocenters. The van der Waals surface area contributed by atoms with Crippen molar-refractivity contribution >= 4 is 10.9 Å². The van der Waals surface area contributed by atoms with Crippen LogP contribution in [0.25, 0.3) is 10.9 Å². The summed E-state index contributed by atoms with van der Waals surface area (Å²) in [6.45, 7) is 8.22. The van der Waals surface area contributed by atoms with Crippen molar-refractivity contribution in [3.8, 4) is 5.75 Å². The molecule has 0 fully saturated rings. The predicted molar refractivity (Wildman–Crippen MR) is 121 cm³/mol. The minimum atomic E-state index is -0.0309. The van der Waals surface area contributed by atoms with E-state index in [1.165, 1.54) is 5.56 Å². The summed E-state index contributed by atoms with van der Waals surface area (Å²) in [5.74, 6) is 0.665. The number of para-hydroxylation sites is 1. The number of hydrogen-bond donors (Lipinski definition) is 0. The molecule has 0 spiro atoms. The lowest BCUT2D eigenvalue weighted by molar-refractivity contribution is 0.306. The number of hydrogen-bond acceptors (Lipinski definition) is 2. The first kappa shape index (κ1) is 20.4. The Kier molecular flexibility index (Phi) is 6.50. The van der Waals surface area contributed by atoms with Gasteiger partial charge in [0.15, 0.2) is 0 Å². The third-order valence-corrected chi connectivity index (χ3v) is 4.99. The van der Waals surface area contributed by atoms with Gasteiger partial charge in [0, 0.05) is 12.4 Å². The molecule has 3 nitrogen and oxygen atoms in total. The first-order chi connectivity index (χ1) is 14.0. The summed E-state index contributed by atoms with van der Waals surface area (Å²) in [5, 5.41) is 0.947. The highest BCUT2D eigenvalue weighted by molar-refractivity contribution is 5.86. The maximum absolute atomic E-state index is 13.1. The standard InChI is InChI=1S/C26H27NO2/c1-5-19(2)10-6-7-12-23-25(29-18-21-16-14-20(3)15-17-21)22-11-8-9-13-24(22)27(4)26(23)28/h5-11,13-17H,1,12,18H2,2-4H3/b7-6+,19-10-. The average molecular weight is 386 g/mol. The van der Waals surface area contributed by atoms with Gasteiger partial charge in [0.25, 0.3) is 5.56 Å². The van der Waals surface area contributed by atoms with Gasteiger partial charge in [-0.1, -0.05) is 78.4 Å². The van der Waals surface area contributed by atoms with E-state index in [-0.39, 0.29) is 5.56 Å². The number of pyridine rings is 1. The molecular weight excluding hydrogens is 358 g/mol. The molecule has 0 saturated carbocycles. The lowest BCUT2D eigenvalue weighted by Gasteiger charge is -2.16. The summed E-state index contributed by atoms with van der Waals surface area (Å²) < 4.78 is 7.93. The molecule has 3 heteroatoms. The summed E-state index contributed by atoms with van der Waals surface area (Å²) in [4.78, 5) is 13.1. The fourth-order valence-electron chi connectivity index (χ4n) is 3.19. The molecule has 148 valence electrons. The number of rotatable bonds is 7. The molecule has 0 saturated heterocycles. The van der Waals surface area contributed by atoms with Gasteiger partial charge in [0.05, 0.1) is 11.1 Å². The fraction of sp³-hybridized carbons (Fsp3) is 0.192. The summed E-state index contributed by atoms with van der Waals surface area (Å²) in [6.07, 6.45) is 8.22.